The number of aromatic nitrogens is 4. The van der Waals surface area contributed by atoms with E-state index in [9.17, 15) is 9.59 Å². The number of hydrazone groups is 1. The van der Waals surface area contributed by atoms with Gasteiger partial charge in [-0.05, 0) is 54.8 Å². The molecule has 0 radical (unpaired) electrons. The minimum absolute atomic E-state index is 0.301. The molecular formula is C24H26N6O3. The van der Waals surface area contributed by atoms with Gasteiger partial charge < -0.3 is 4.74 Å². The Morgan fingerprint density at radius 2 is 1.79 bits per heavy atom. The zero-order valence-electron chi connectivity index (χ0n) is 19.3. The van der Waals surface area contributed by atoms with E-state index in [4.69, 9.17) is 4.74 Å². The second-order valence-electron chi connectivity index (χ2n) is 7.97. The Balaban J connectivity index is 1.81. The lowest BCUT2D eigenvalue weighted by Gasteiger charge is -2.12. The molecule has 0 spiro atoms. The van der Waals surface area contributed by atoms with Gasteiger partial charge in [0, 0.05) is 14.1 Å². The summed E-state index contributed by atoms with van der Waals surface area (Å²) in [5.41, 5.74) is 6.88. The lowest BCUT2D eigenvalue weighted by atomic mass is 10.1. The Morgan fingerprint density at radius 3 is 2.48 bits per heavy atom. The van der Waals surface area contributed by atoms with Gasteiger partial charge in [-0.2, -0.15) is 10.1 Å². The maximum atomic E-state index is 13.0. The van der Waals surface area contributed by atoms with Gasteiger partial charge in [-0.15, -0.1) is 0 Å². The van der Waals surface area contributed by atoms with Crippen molar-refractivity contribution in [3.05, 3.63) is 85.6 Å². The van der Waals surface area contributed by atoms with Crippen molar-refractivity contribution in [2.75, 3.05) is 12.5 Å². The fourth-order valence-corrected chi connectivity index (χ4v) is 3.68. The number of anilines is 1. The van der Waals surface area contributed by atoms with Crippen molar-refractivity contribution in [1.29, 1.82) is 0 Å². The fourth-order valence-electron chi connectivity index (χ4n) is 3.68. The number of ether oxygens (including phenoxy) is 1. The molecule has 0 aliphatic rings. The van der Waals surface area contributed by atoms with Crippen molar-refractivity contribution >= 4 is 23.3 Å². The van der Waals surface area contributed by atoms with E-state index in [2.05, 4.69) is 21.6 Å². The molecule has 0 amide bonds. The van der Waals surface area contributed by atoms with Crippen LogP contribution in [0.1, 0.15) is 22.3 Å². The van der Waals surface area contributed by atoms with Gasteiger partial charge in [0.15, 0.2) is 11.2 Å². The number of imidazole rings is 1. The van der Waals surface area contributed by atoms with Gasteiger partial charge in [0.1, 0.15) is 5.75 Å². The normalized spacial score (nSPS) is 11.4. The van der Waals surface area contributed by atoms with Crippen LogP contribution in [0.2, 0.25) is 0 Å². The topological polar surface area (TPSA) is 95.4 Å². The van der Waals surface area contributed by atoms with Gasteiger partial charge in [-0.3, -0.25) is 18.5 Å². The summed E-state index contributed by atoms with van der Waals surface area (Å²) in [4.78, 5) is 30.0. The second-order valence-corrected chi connectivity index (χ2v) is 7.97. The average molecular weight is 447 g/mol. The monoisotopic (exact) mass is 446 g/mol. The summed E-state index contributed by atoms with van der Waals surface area (Å²) in [6, 6.07) is 13.6. The smallest absolute Gasteiger partial charge is 0.332 e. The third kappa shape index (κ3) is 4.17. The quantitative estimate of drug-likeness (QED) is 0.363. The first-order chi connectivity index (χ1) is 15.8. The number of hydrogen-bond acceptors (Lipinski definition) is 6. The summed E-state index contributed by atoms with van der Waals surface area (Å²) in [5, 5.41) is 4.31. The van der Waals surface area contributed by atoms with Crippen LogP contribution in [0.3, 0.4) is 0 Å². The Kier molecular flexibility index (Phi) is 5.87. The zero-order chi connectivity index (χ0) is 23.7. The van der Waals surface area contributed by atoms with Crippen LogP contribution in [0.4, 0.5) is 5.95 Å². The fraction of sp³-hybridized carbons (Fsp3) is 0.250. The first kappa shape index (κ1) is 22.1. The summed E-state index contributed by atoms with van der Waals surface area (Å²) >= 11 is 0. The molecule has 33 heavy (non-hydrogen) atoms. The predicted molar refractivity (Wildman–Crippen MR) is 129 cm³/mol. The minimum atomic E-state index is -0.433. The summed E-state index contributed by atoms with van der Waals surface area (Å²) in [7, 11) is 4.68. The lowest BCUT2D eigenvalue weighted by Crippen LogP contribution is -2.37. The van der Waals surface area contributed by atoms with Crippen LogP contribution in [0.25, 0.3) is 11.2 Å². The third-order valence-corrected chi connectivity index (χ3v) is 5.68. The number of hydrogen-bond donors (Lipinski definition) is 1. The van der Waals surface area contributed by atoms with Crippen molar-refractivity contribution in [2.24, 2.45) is 19.2 Å². The van der Waals surface area contributed by atoms with Crippen LogP contribution >= 0.6 is 0 Å². The maximum Gasteiger partial charge on any atom is 0.332 e. The molecule has 4 rings (SSSR count). The molecular weight excluding hydrogens is 420 g/mol. The van der Waals surface area contributed by atoms with E-state index < -0.39 is 11.2 Å². The molecule has 1 N–H and O–H groups in total. The summed E-state index contributed by atoms with van der Waals surface area (Å²) in [6.45, 7) is 4.45. The van der Waals surface area contributed by atoms with Gasteiger partial charge >= 0.3 is 5.69 Å². The molecule has 0 aliphatic heterocycles. The van der Waals surface area contributed by atoms with Crippen LogP contribution < -0.4 is 21.4 Å². The van der Waals surface area contributed by atoms with E-state index in [0.717, 1.165) is 32.6 Å². The molecule has 9 heteroatoms. The van der Waals surface area contributed by atoms with Crippen LogP contribution in [-0.4, -0.2) is 32.0 Å². The molecule has 2 heterocycles. The summed E-state index contributed by atoms with van der Waals surface area (Å²) < 4.78 is 9.40. The van der Waals surface area contributed by atoms with Crippen molar-refractivity contribution in [1.82, 2.24) is 18.7 Å². The molecule has 0 bridgehead atoms. The van der Waals surface area contributed by atoms with Crippen LogP contribution in [-0.2, 0) is 20.6 Å². The summed E-state index contributed by atoms with van der Waals surface area (Å²) in [6.07, 6.45) is 1.65. The first-order valence-corrected chi connectivity index (χ1v) is 10.5. The van der Waals surface area contributed by atoms with Crippen LogP contribution in [0, 0.1) is 13.8 Å². The Labute approximate surface area is 190 Å². The molecule has 170 valence electrons. The highest BCUT2D eigenvalue weighted by Crippen LogP contribution is 2.20. The van der Waals surface area contributed by atoms with Crippen molar-refractivity contribution in [3.8, 4) is 5.75 Å². The predicted octanol–water partition coefficient (Wildman–Crippen LogP) is 2.55. The lowest BCUT2D eigenvalue weighted by molar-refractivity contribution is 0.415. The highest BCUT2D eigenvalue weighted by molar-refractivity contribution is 5.80. The van der Waals surface area contributed by atoms with Gasteiger partial charge in [-0.25, -0.2) is 10.2 Å². The highest BCUT2D eigenvalue weighted by atomic mass is 16.5. The Hall–Kier alpha value is -4.14. The molecule has 0 saturated heterocycles. The molecule has 4 aromatic rings. The van der Waals surface area contributed by atoms with Crippen LogP contribution in [0.5, 0.6) is 5.75 Å². The van der Waals surface area contributed by atoms with Crippen LogP contribution in [0.15, 0.2) is 57.2 Å². The van der Waals surface area contributed by atoms with Gasteiger partial charge in [-0.1, -0.05) is 23.8 Å². The summed E-state index contributed by atoms with van der Waals surface area (Å²) in [5.74, 6) is 1.13. The Bertz CT molecular complexity index is 1480. The first-order valence-electron chi connectivity index (χ1n) is 10.5. The van der Waals surface area contributed by atoms with E-state index in [1.165, 1.54) is 11.6 Å². The van der Waals surface area contributed by atoms with E-state index in [0.29, 0.717) is 23.7 Å². The van der Waals surface area contributed by atoms with Gasteiger partial charge in [0.25, 0.3) is 5.56 Å². The number of benzene rings is 2. The number of rotatable bonds is 6. The van der Waals surface area contributed by atoms with E-state index >= 15 is 0 Å². The second kappa shape index (κ2) is 8.78. The Morgan fingerprint density at radius 1 is 1.06 bits per heavy atom. The van der Waals surface area contributed by atoms with E-state index in [1.807, 2.05) is 50.2 Å². The zero-order valence-corrected chi connectivity index (χ0v) is 19.3. The molecule has 0 aliphatic carbocycles. The number of aryl methyl sites for hydroxylation is 3. The number of nitrogens with zero attached hydrogens (tertiary/aromatic N) is 5. The molecule has 2 aromatic carbocycles. The number of nitrogens with one attached hydrogen (secondary N) is 1. The standard InChI is InChI=1S/C24H26N6O3/c1-15-6-7-16(2)18(12-15)14-30-20-21(28(3)24(32)29(4)22(20)31)26-23(30)27-25-13-17-8-10-19(33-5)11-9-17/h6-13H,14H2,1-5H3,(H,26,27)/b25-13+. The van der Waals surface area contributed by atoms with Gasteiger partial charge in [0.05, 0.1) is 19.9 Å². The SMILES string of the molecule is COc1ccc(/C=N/Nc2nc3c(c(=O)n(C)c(=O)n3C)n2Cc2cc(C)ccc2C)cc1. The van der Waals surface area contributed by atoms with Crippen molar-refractivity contribution in [3.63, 3.8) is 0 Å². The number of fused-ring (bicyclic) bond motifs is 1. The maximum absolute atomic E-state index is 13.0. The minimum Gasteiger partial charge on any atom is -0.497 e. The largest absolute Gasteiger partial charge is 0.497 e. The molecule has 0 saturated carbocycles. The van der Waals surface area contributed by atoms with Gasteiger partial charge in [0.2, 0.25) is 5.95 Å². The molecule has 0 unspecified atom stereocenters. The van der Waals surface area contributed by atoms with Crippen molar-refractivity contribution < 1.29 is 4.74 Å². The molecule has 9 nitrogen and oxygen atoms in total. The molecule has 2 aromatic heterocycles. The van der Waals surface area contributed by atoms with E-state index in [1.54, 1.807) is 24.9 Å². The number of methoxy groups -OCH3 is 1. The third-order valence-electron chi connectivity index (χ3n) is 5.68. The molecule has 0 fully saturated rings. The average Bonchev–Trinajstić information content (AvgIpc) is 3.17. The van der Waals surface area contributed by atoms with E-state index in [-0.39, 0.29) is 0 Å². The van der Waals surface area contributed by atoms with Crippen molar-refractivity contribution in [2.45, 2.75) is 20.4 Å². The molecule has 0 atom stereocenters. The highest BCUT2D eigenvalue weighted by Gasteiger charge is 2.19.